The van der Waals surface area contributed by atoms with Crippen LogP contribution in [0.3, 0.4) is 0 Å². The highest BCUT2D eigenvalue weighted by Crippen LogP contribution is 2.25. The average Bonchev–Trinajstić information content (AvgIpc) is 2.88. The van der Waals surface area contributed by atoms with Gasteiger partial charge < -0.3 is 0 Å². The van der Waals surface area contributed by atoms with Crippen LogP contribution in [0.25, 0.3) is 10.2 Å². The minimum Gasteiger partial charge on any atom is -0.283 e. The van der Waals surface area contributed by atoms with Gasteiger partial charge >= 0.3 is 6.03 Å². The maximum absolute atomic E-state index is 12.1. The number of urea groups is 1. The summed E-state index contributed by atoms with van der Waals surface area (Å²) < 4.78 is 27.1. The third-order valence-electron chi connectivity index (χ3n) is 3.07. The Morgan fingerprint density at radius 2 is 1.78 bits per heavy atom. The third kappa shape index (κ3) is 3.49. The van der Waals surface area contributed by atoms with Crippen molar-refractivity contribution in [2.75, 3.05) is 5.32 Å². The van der Waals surface area contributed by atoms with Gasteiger partial charge in [-0.3, -0.25) is 5.32 Å². The number of sulfonamides is 1. The van der Waals surface area contributed by atoms with Gasteiger partial charge in [0.2, 0.25) is 0 Å². The molecule has 118 valence electrons. The van der Waals surface area contributed by atoms with Crippen molar-refractivity contribution >= 4 is 42.7 Å². The Labute approximate surface area is 137 Å². The van der Waals surface area contributed by atoms with Crippen LogP contribution in [0.1, 0.15) is 5.56 Å². The summed E-state index contributed by atoms with van der Waals surface area (Å²) in [7, 11) is -3.91. The first-order chi connectivity index (χ1) is 10.9. The van der Waals surface area contributed by atoms with Gasteiger partial charge in [-0.05, 0) is 31.2 Å². The minimum atomic E-state index is -3.91. The SMILES string of the molecule is Cc1ccc(S(=O)(=O)NC(=O)Nc2nc3ccccc3s2)cc1. The molecule has 2 aromatic carbocycles. The normalized spacial score (nSPS) is 11.3. The molecule has 23 heavy (non-hydrogen) atoms. The van der Waals surface area contributed by atoms with Crippen molar-refractivity contribution in [2.45, 2.75) is 11.8 Å². The van der Waals surface area contributed by atoms with Crippen LogP contribution in [-0.2, 0) is 10.0 Å². The van der Waals surface area contributed by atoms with Crippen LogP contribution in [0.4, 0.5) is 9.93 Å². The van der Waals surface area contributed by atoms with E-state index in [2.05, 4.69) is 10.3 Å². The zero-order valence-corrected chi connectivity index (χ0v) is 13.7. The Bertz CT molecular complexity index is 930. The molecule has 0 spiro atoms. The van der Waals surface area contributed by atoms with Gasteiger partial charge in [0.05, 0.1) is 15.1 Å². The number of hydrogen-bond acceptors (Lipinski definition) is 5. The molecular weight excluding hydrogens is 334 g/mol. The maximum Gasteiger partial charge on any atom is 0.334 e. The van der Waals surface area contributed by atoms with Gasteiger partial charge in [0, 0.05) is 0 Å². The first-order valence-electron chi connectivity index (χ1n) is 6.70. The summed E-state index contributed by atoms with van der Waals surface area (Å²) in [6.45, 7) is 1.85. The Morgan fingerprint density at radius 3 is 2.48 bits per heavy atom. The Morgan fingerprint density at radius 1 is 1.09 bits per heavy atom. The number of nitrogens with zero attached hydrogens (tertiary/aromatic N) is 1. The number of anilines is 1. The molecule has 2 N–H and O–H groups in total. The molecule has 0 bridgehead atoms. The van der Waals surface area contributed by atoms with Crippen molar-refractivity contribution < 1.29 is 13.2 Å². The highest BCUT2D eigenvalue weighted by atomic mass is 32.2. The van der Waals surface area contributed by atoms with Gasteiger partial charge in [-0.15, -0.1) is 0 Å². The van der Waals surface area contributed by atoms with Crippen molar-refractivity contribution in [1.82, 2.24) is 9.71 Å². The molecule has 0 saturated carbocycles. The number of nitrogens with one attached hydrogen (secondary N) is 2. The number of rotatable bonds is 3. The number of para-hydroxylation sites is 1. The fraction of sp³-hybridized carbons (Fsp3) is 0.0667. The minimum absolute atomic E-state index is 0.0301. The fourth-order valence-corrected chi connectivity index (χ4v) is 3.71. The summed E-state index contributed by atoms with van der Waals surface area (Å²) in [5.41, 5.74) is 1.68. The average molecular weight is 347 g/mol. The molecule has 3 rings (SSSR count). The second kappa shape index (κ2) is 5.98. The molecule has 6 nitrogen and oxygen atoms in total. The largest absolute Gasteiger partial charge is 0.334 e. The lowest BCUT2D eigenvalue weighted by molar-refractivity contribution is 0.256. The quantitative estimate of drug-likeness (QED) is 0.762. The summed E-state index contributed by atoms with van der Waals surface area (Å²) >= 11 is 1.27. The zero-order chi connectivity index (χ0) is 16.4. The van der Waals surface area contributed by atoms with E-state index < -0.39 is 16.1 Å². The van der Waals surface area contributed by atoms with E-state index >= 15 is 0 Å². The van der Waals surface area contributed by atoms with E-state index in [4.69, 9.17) is 0 Å². The smallest absolute Gasteiger partial charge is 0.283 e. The molecule has 0 atom stereocenters. The zero-order valence-electron chi connectivity index (χ0n) is 12.1. The number of aromatic nitrogens is 1. The second-order valence-electron chi connectivity index (χ2n) is 4.86. The van der Waals surface area contributed by atoms with Crippen LogP contribution in [0, 0.1) is 6.92 Å². The van der Waals surface area contributed by atoms with Crippen LogP contribution in [0.15, 0.2) is 53.4 Å². The van der Waals surface area contributed by atoms with Gasteiger partial charge in [-0.1, -0.05) is 41.2 Å². The highest BCUT2D eigenvalue weighted by molar-refractivity contribution is 7.90. The Hall–Kier alpha value is -2.45. The molecule has 0 fully saturated rings. The Balaban J connectivity index is 1.74. The van der Waals surface area contributed by atoms with E-state index in [0.717, 1.165) is 15.8 Å². The predicted octanol–water partition coefficient (Wildman–Crippen LogP) is 3.12. The van der Waals surface area contributed by atoms with Crippen molar-refractivity contribution in [3.05, 3.63) is 54.1 Å². The van der Waals surface area contributed by atoms with Crippen LogP contribution in [0.2, 0.25) is 0 Å². The molecule has 0 aliphatic rings. The van der Waals surface area contributed by atoms with Crippen molar-refractivity contribution in [2.24, 2.45) is 0 Å². The van der Waals surface area contributed by atoms with Crippen LogP contribution >= 0.6 is 11.3 Å². The van der Waals surface area contributed by atoms with E-state index in [-0.39, 0.29) is 4.90 Å². The lowest BCUT2D eigenvalue weighted by Crippen LogP contribution is -2.34. The van der Waals surface area contributed by atoms with E-state index in [0.29, 0.717) is 5.13 Å². The summed E-state index contributed by atoms with van der Waals surface area (Å²) in [6.07, 6.45) is 0. The molecule has 0 radical (unpaired) electrons. The Kier molecular flexibility index (Phi) is 4.01. The molecule has 0 aliphatic carbocycles. The molecule has 0 aliphatic heterocycles. The molecule has 3 aromatic rings. The highest BCUT2D eigenvalue weighted by Gasteiger charge is 2.18. The first-order valence-corrected chi connectivity index (χ1v) is 9.00. The topological polar surface area (TPSA) is 88.2 Å². The van der Waals surface area contributed by atoms with Crippen LogP contribution in [-0.4, -0.2) is 19.4 Å². The molecule has 1 heterocycles. The summed E-state index contributed by atoms with van der Waals surface area (Å²) in [5, 5.41) is 2.78. The van der Waals surface area contributed by atoms with E-state index in [1.165, 1.54) is 23.5 Å². The lowest BCUT2D eigenvalue weighted by Gasteiger charge is -2.07. The number of thiazole rings is 1. The van der Waals surface area contributed by atoms with E-state index in [1.54, 1.807) is 12.1 Å². The van der Waals surface area contributed by atoms with Gasteiger partial charge in [0.1, 0.15) is 0 Å². The predicted molar refractivity (Wildman–Crippen MR) is 90.1 cm³/mol. The molecule has 2 amide bonds. The molecule has 0 unspecified atom stereocenters. The van der Waals surface area contributed by atoms with Crippen LogP contribution < -0.4 is 10.0 Å². The second-order valence-corrected chi connectivity index (χ2v) is 7.57. The van der Waals surface area contributed by atoms with Crippen molar-refractivity contribution in [3.8, 4) is 0 Å². The number of carbonyl (C=O) groups excluding carboxylic acids is 1. The molecule has 1 aromatic heterocycles. The lowest BCUT2D eigenvalue weighted by atomic mass is 10.2. The number of benzene rings is 2. The van der Waals surface area contributed by atoms with Gasteiger partial charge in [-0.2, -0.15) is 0 Å². The number of fused-ring (bicyclic) bond motifs is 1. The van der Waals surface area contributed by atoms with Crippen LogP contribution in [0.5, 0.6) is 0 Å². The number of aryl methyl sites for hydroxylation is 1. The monoisotopic (exact) mass is 347 g/mol. The van der Waals surface area contributed by atoms with Gasteiger partial charge in [0.15, 0.2) is 5.13 Å². The molecule has 0 saturated heterocycles. The van der Waals surface area contributed by atoms with E-state index in [1.807, 2.05) is 35.9 Å². The first kappa shape index (κ1) is 15.4. The van der Waals surface area contributed by atoms with Crippen molar-refractivity contribution in [1.29, 1.82) is 0 Å². The number of amides is 2. The summed E-state index contributed by atoms with van der Waals surface area (Å²) in [5.74, 6) is 0. The maximum atomic E-state index is 12.1. The fourth-order valence-electron chi connectivity index (χ4n) is 1.95. The van der Waals surface area contributed by atoms with Crippen molar-refractivity contribution in [3.63, 3.8) is 0 Å². The number of hydrogen-bond donors (Lipinski definition) is 2. The summed E-state index contributed by atoms with van der Waals surface area (Å²) in [6, 6.07) is 12.8. The summed E-state index contributed by atoms with van der Waals surface area (Å²) in [4.78, 5) is 16.2. The number of carbonyl (C=O) groups is 1. The van der Waals surface area contributed by atoms with Gasteiger partial charge in [-0.25, -0.2) is 22.9 Å². The van der Waals surface area contributed by atoms with Gasteiger partial charge in [0.25, 0.3) is 10.0 Å². The molecule has 8 heteroatoms. The molecular formula is C15H13N3O3S2. The van der Waals surface area contributed by atoms with E-state index in [9.17, 15) is 13.2 Å². The third-order valence-corrected chi connectivity index (χ3v) is 5.37. The standard InChI is InChI=1S/C15H13N3O3S2/c1-10-6-8-11(9-7-10)23(20,21)18-14(19)17-15-16-12-4-2-3-5-13(12)22-15/h2-9H,1H3,(H2,16,17,18,19).